The van der Waals surface area contributed by atoms with E-state index in [1.54, 1.807) is 48.5 Å². The summed E-state index contributed by atoms with van der Waals surface area (Å²) in [5.74, 6) is -0.315. The number of rotatable bonds is 8. The van der Waals surface area contributed by atoms with Crippen LogP contribution in [0.3, 0.4) is 0 Å². The number of carbonyl (C=O) groups is 1. The SMILES string of the molecule is CCC[C@@H](C)NC(=O)CN(c1ccccc1)S(=O)(=O)c1ccccc1. The lowest BCUT2D eigenvalue weighted by atomic mass is 10.2. The van der Waals surface area contributed by atoms with Gasteiger partial charge < -0.3 is 5.32 Å². The fraction of sp³-hybridized carbons (Fsp3) is 0.316. The summed E-state index contributed by atoms with van der Waals surface area (Å²) in [6.07, 6.45) is 1.80. The minimum Gasteiger partial charge on any atom is -0.352 e. The van der Waals surface area contributed by atoms with Crippen LogP contribution >= 0.6 is 0 Å². The van der Waals surface area contributed by atoms with Crippen molar-refractivity contribution >= 4 is 21.6 Å². The predicted molar refractivity (Wildman–Crippen MR) is 99.9 cm³/mol. The molecule has 6 heteroatoms. The van der Waals surface area contributed by atoms with Gasteiger partial charge in [0.05, 0.1) is 10.6 Å². The van der Waals surface area contributed by atoms with Gasteiger partial charge in [0.1, 0.15) is 6.54 Å². The van der Waals surface area contributed by atoms with Crippen molar-refractivity contribution in [3.8, 4) is 0 Å². The van der Waals surface area contributed by atoms with E-state index in [2.05, 4.69) is 5.32 Å². The molecule has 0 aliphatic rings. The topological polar surface area (TPSA) is 66.5 Å². The second kappa shape index (κ2) is 8.67. The van der Waals surface area contributed by atoms with Crippen molar-refractivity contribution < 1.29 is 13.2 Å². The third-order valence-corrected chi connectivity index (χ3v) is 5.58. The van der Waals surface area contributed by atoms with Crippen molar-refractivity contribution in [2.24, 2.45) is 0 Å². The van der Waals surface area contributed by atoms with Gasteiger partial charge in [-0.25, -0.2) is 8.42 Å². The maximum absolute atomic E-state index is 13.0. The average Bonchev–Trinajstić information content (AvgIpc) is 2.61. The van der Waals surface area contributed by atoms with E-state index in [0.29, 0.717) is 5.69 Å². The summed E-state index contributed by atoms with van der Waals surface area (Å²) >= 11 is 0. The largest absolute Gasteiger partial charge is 0.352 e. The Hall–Kier alpha value is -2.34. The van der Waals surface area contributed by atoms with Gasteiger partial charge in [0.2, 0.25) is 5.91 Å². The zero-order valence-corrected chi connectivity index (χ0v) is 15.4. The van der Waals surface area contributed by atoms with Crippen molar-refractivity contribution in [1.29, 1.82) is 0 Å². The fourth-order valence-electron chi connectivity index (χ4n) is 2.59. The smallest absolute Gasteiger partial charge is 0.264 e. The van der Waals surface area contributed by atoms with E-state index in [1.807, 2.05) is 13.8 Å². The highest BCUT2D eigenvalue weighted by molar-refractivity contribution is 7.92. The Labute approximate surface area is 149 Å². The van der Waals surface area contributed by atoms with Gasteiger partial charge in [-0.05, 0) is 37.6 Å². The highest BCUT2D eigenvalue weighted by atomic mass is 32.2. The first-order valence-corrected chi connectivity index (χ1v) is 9.81. The Kier molecular flexibility index (Phi) is 6.58. The normalized spacial score (nSPS) is 12.4. The highest BCUT2D eigenvalue weighted by Gasteiger charge is 2.27. The predicted octanol–water partition coefficient (Wildman–Crippen LogP) is 3.19. The third kappa shape index (κ3) is 5.06. The number of benzene rings is 2. The van der Waals surface area contributed by atoms with E-state index in [-0.39, 0.29) is 23.4 Å². The van der Waals surface area contributed by atoms with Gasteiger partial charge in [-0.15, -0.1) is 0 Å². The van der Waals surface area contributed by atoms with Crippen LogP contribution in [0.25, 0.3) is 0 Å². The maximum atomic E-state index is 13.0. The number of hydrogen-bond donors (Lipinski definition) is 1. The molecule has 0 unspecified atom stereocenters. The highest BCUT2D eigenvalue weighted by Crippen LogP contribution is 2.23. The number of para-hydroxylation sites is 1. The van der Waals surface area contributed by atoms with Crippen molar-refractivity contribution in [3.05, 3.63) is 60.7 Å². The molecule has 0 spiro atoms. The molecule has 0 aliphatic heterocycles. The number of nitrogens with zero attached hydrogens (tertiary/aromatic N) is 1. The Morgan fingerprint density at radius 1 is 1.04 bits per heavy atom. The Morgan fingerprint density at radius 3 is 2.16 bits per heavy atom. The lowest BCUT2D eigenvalue weighted by molar-refractivity contribution is -0.120. The lowest BCUT2D eigenvalue weighted by Gasteiger charge is -2.25. The number of sulfonamides is 1. The zero-order valence-electron chi connectivity index (χ0n) is 14.6. The molecule has 0 aromatic heterocycles. The van der Waals surface area contributed by atoms with E-state index in [0.717, 1.165) is 17.1 Å². The summed E-state index contributed by atoms with van der Waals surface area (Å²) in [4.78, 5) is 12.5. The first-order valence-electron chi connectivity index (χ1n) is 8.37. The van der Waals surface area contributed by atoms with E-state index in [9.17, 15) is 13.2 Å². The van der Waals surface area contributed by atoms with Crippen molar-refractivity contribution in [1.82, 2.24) is 5.32 Å². The average molecular weight is 360 g/mol. The van der Waals surface area contributed by atoms with Crippen molar-refractivity contribution in [2.45, 2.75) is 37.6 Å². The van der Waals surface area contributed by atoms with Crippen LogP contribution in [0.4, 0.5) is 5.69 Å². The summed E-state index contributed by atoms with van der Waals surface area (Å²) < 4.78 is 27.2. The van der Waals surface area contributed by atoms with Crippen molar-refractivity contribution in [2.75, 3.05) is 10.8 Å². The van der Waals surface area contributed by atoms with Gasteiger partial charge in [0, 0.05) is 6.04 Å². The van der Waals surface area contributed by atoms with Crippen LogP contribution in [0.5, 0.6) is 0 Å². The maximum Gasteiger partial charge on any atom is 0.264 e. The minimum atomic E-state index is -3.82. The van der Waals surface area contributed by atoms with E-state index in [1.165, 1.54) is 12.1 Å². The van der Waals surface area contributed by atoms with Gasteiger partial charge >= 0.3 is 0 Å². The number of hydrogen-bond acceptors (Lipinski definition) is 3. The van der Waals surface area contributed by atoms with Gasteiger partial charge in [0.25, 0.3) is 10.0 Å². The molecule has 2 aromatic carbocycles. The van der Waals surface area contributed by atoms with Gasteiger partial charge in [0.15, 0.2) is 0 Å². The number of anilines is 1. The number of nitrogens with one attached hydrogen (secondary N) is 1. The molecule has 0 aliphatic carbocycles. The van der Waals surface area contributed by atoms with Crippen LogP contribution in [-0.2, 0) is 14.8 Å². The fourth-order valence-corrected chi connectivity index (χ4v) is 4.03. The summed E-state index contributed by atoms with van der Waals surface area (Å²) in [5, 5.41) is 2.86. The molecule has 1 N–H and O–H groups in total. The third-order valence-electron chi connectivity index (χ3n) is 3.79. The Morgan fingerprint density at radius 2 is 1.60 bits per heavy atom. The summed E-state index contributed by atoms with van der Waals surface area (Å²) in [6, 6.07) is 16.8. The lowest BCUT2D eigenvalue weighted by Crippen LogP contribution is -2.43. The molecule has 0 bridgehead atoms. The first-order chi connectivity index (χ1) is 11.9. The summed E-state index contributed by atoms with van der Waals surface area (Å²) in [7, 11) is -3.82. The van der Waals surface area contributed by atoms with Gasteiger partial charge in [-0.2, -0.15) is 0 Å². The molecule has 5 nitrogen and oxygen atoms in total. The molecule has 2 aromatic rings. The standard InChI is InChI=1S/C19H24N2O3S/c1-3-10-16(2)20-19(22)15-21(17-11-6-4-7-12-17)25(23,24)18-13-8-5-9-14-18/h4-9,11-14,16H,3,10,15H2,1-2H3,(H,20,22)/t16-/m1/s1. The van der Waals surface area contributed by atoms with Gasteiger partial charge in [-0.1, -0.05) is 49.7 Å². The molecule has 134 valence electrons. The monoisotopic (exact) mass is 360 g/mol. The van der Waals surface area contributed by atoms with Crippen LogP contribution < -0.4 is 9.62 Å². The molecule has 25 heavy (non-hydrogen) atoms. The molecular formula is C19H24N2O3S. The molecule has 1 amide bonds. The van der Waals surface area contributed by atoms with E-state index >= 15 is 0 Å². The molecule has 2 rings (SSSR count). The molecule has 0 saturated heterocycles. The van der Waals surface area contributed by atoms with Crippen LogP contribution in [-0.4, -0.2) is 26.9 Å². The molecule has 1 atom stereocenters. The molecule has 0 heterocycles. The second-order valence-electron chi connectivity index (χ2n) is 5.92. The van der Waals surface area contributed by atoms with E-state index < -0.39 is 10.0 Å². The second-order valence-corrected chi connectivity index (χ2v) is 7.78. The van der Waals surface area contributed by atoms with Gasteiger partial charge in [-0.3, -0.25) is 9.10 Å². The van der Waals surface area contributed by atoms with E-state index in [4.69, 9.17) is 0 Å². The van der Waals surface area contributed by atoms with Crippen LogP contribution in [0.1, 0.15) is 26.7 Å². The Bertz CT molecular complexity index is 777. The minimum absolute atomic E-state index is 0.00885. The van der Waals surface area contributed by atoms with Crippen molar-refractivity contribution in [3.63, 3.8) is 0 Å². The molecular weight excluding hydrogens is 336 g/mol. The summed E-state index contributed by atoms with van der Waals surface area (Å²) in [6.45, 7) is 3.70. The first kappa shape index (κ1) is 19.0. The molecule has 0 saturated carbocycles. The van der Waals surface area contributed by atoms with Crippen LogP contribution in [0.15, 0.2) is 65.6 Å². The quantitative estimate of drug-likeness (QED) is 0.786. The summed E-state index contributed by atoms with van der Waals surface area (Å²) in [5.41, 5.74) is 0.463. The Balaban J connectivity index is 2.30. The molecule has 0 fully saturated rings. The number of amides is 1. The van der Waals surface area contributed by atoms with Crippen LogP contribution in [0.2, 0.25) is 0 Å². The molecule has 0 radical (unpaired) electrons. The van der Waals surface area contributed by atoms with Crippen LogP contribution in [0, 0.1) is 0 Å². The zero-order chi connectivity index (χ0) is 18.3. The number of carbonyl (C=O) groups excluding carboxylic acids is 1.